The van der Waals surface area contributed by atoms with Gasteiger partial charge >= 0.3 is 0 Å². The van der Waals surface area contributed by atoms with E-state index in [-0.39, 0.29) is 24.4 Å². The first kappa shape index (κ1) is 15.8. The Hall–Kier alpha value is -0.290. The van der Waals surface area contributed by atoms with Gasteiger partial charge in [-0.15, -0.1) is 23.7 Å². The zero-order chi connectivity index (χ0) is 12.4. The molecule has 2 heterocycles. The van der Waals surface area contributed by atoms with Crippen LogP contribution in [0.2, 0.25) is 5.02 Å². The lowest BCUT2D eigenvalue weighted by Crippen LogP contribution is -2.47. The van der Waals surface area contributed by atoms with Gasteiger partial charge in [-0.2, -0.15) is 0 Å². The fourth-order valence-electron chi connectivity index (χ4n) is 2.22. The lowest BCUT2D eigenvalue weighted by molar-refractivity contribution is 0.0628. The number of hydrogen-bond donors (Lipinski definition) is 1. The summed E-state index contributed by atoms with van der Waals surface area (Å²) in [6.07, 6.45) is 3.22. The third kappa shape index (κ3) is 2.99. The fourth-order valence-corrected chi connectivity index (χ4v) is 3.45. The Morgan fingerprint density at radius 3 is 2.89 bits per heavy atom. The van der Waals surface area contributed by atoms with E-state index < -0.39 is 0 Å². The highest BCUT2D eigenvalue weighted by atomic mass is 35.5. The van der Waals surface area contributed by atoms with E-state index >= 15 is 0 Å². The number of aryl methyl sites for hydroxylation is 1. The van der Waals surface area contributed by atoms with Crippen molar-refractivity contribution in [3.63, 3.8) is 0 Å². The van der Waals surface area contributed by atoms with E-state index in [1.54, 1.807) is 0 Å². The summed E-state index contributed by atoms with van der Waals surface area (Å²) in [5.74, 6) is 0.0447. The number of nitrogens with two attached hydrogens (primary N) is 1. The number of rotatable bonds is 2. The molecule has 1 aliphatic heterocycles. The monoisotopic (exact) mass is 308 g/mol. The molecule has 0 aliphatic carbocycles. The van der Waals surface area contributed by atoms with Crippen LogP contribution >= 0.6 is 35.3 Å². The second-order valence-corrected chi connectivity index (χ2v) is 5.70. The maximum absolute atomic E-state index is 12.4. The van der Waals surface area contributed by atoms with Gasteiger partial charge in [0.2, 0.25) is 0 Å². The van der Waals surface area contributed by atoms with E-state index in [0.717, 1.165) is 31.4 Å². The summed E-state index contributed by atoms with van der Waals surface area (Å²) in [5, 5.41) is 2.53. The quantitative estimate of drug-likeness (QED) is 0.912. The van der Waals surface area contributed by atoms with Gasteiger partial charge in [0, 0.05) is 19.1 Å². The van der Waals surface area contributed by atoms with Crippen LogP contribution in [0.25, 0.3) is 0 Å². The first-order valence-electron chi connectivity index (χ1n) is 5.89. The summed E-state index contributed by atoms with van der Waals surface area (Å²) in [6.45, 7) is 3.26. The number of amides is 1. The average molecular weight is 309 g/mol. The van der Waals surface area contributed by atoms with E-state index in [1.165, 1.54) is 11.3 Å². The van der Waals surface area contributed by atoms with Crippen molar-refractivity contribution in [1.29, 1.82) is 0 Å². The first-order chi connectivity index (χ1) is 8.15. The molecule has 0 aromatic carbocycles. The Morgan fingerprint density at radius 2 is 2.33 bits per heavy atom. The number of hydrogen-bond acceptors (Lipinski definition) is 3. The van der Waals surface area contributed by atoms with Crippen LogP contribution in [0.5, 0.6) is 0 Å². The summed E-state index contributed by atoms with van der Waals surface area (Å²) in [4.78, 5) is 14.9. The second kappa shape index (κ2) is 6.75. The van der Waals surface area contributed by atoms with Crippen molar-refractivity contribution in [1.82, 2.24) is 4.90 Å². The highest BCUT2D eigenvalue weighted by Gasteiger charge is 2.28. The van der Waals surface area contributed by atoms with Gasteiger partial charge in [-0.1, -0.05) is 11.6 Å². The zero-order valence-corrected chi connectivity index (χ0v) is 12.7. The number of halogens is 2. The van der Waals surface area contributed by atoms with Crippen LogP contribution in [-0.2, 0) is 0 Å². The normalized spacial score (nSPS) is 19.5. The number of nitrogens with zero attached hydrogens (tertiary/aromatic N) is 1. The summed E-state index contributed by atoms with van der Waals surface area (Å²) >= 11 is 7.57. The molecular formula is C12H18Cl2N2OS. The molecule has 1 fully saturated rings. The minimum absolute atomic E-state index is 0. The number of likely N-dealkylation sites (tertiary alicyclic amines) is 1. The highest BCUT2D eigenvalue weighted by molar-refractivity contribution is 7.13. The number of carbonyl (C=O) groups is 1. The Balaban J connectivity index is 0.00000162. The van der Waals surface area contributed by atoms with Crippen LogP contribution in [0.4, 0.5) is 0 Å². The van der Waals surface area contributed by atoms with E-state index in [4.69, 9.17) is 17.3 Å². The third-order valence-electron chi connectivity index (χ3n) is 3.25. The van der Waals surface area contributed by atoms with E-state index in [1.807, 2.05) is 17.2 Å². The lowest BCUT2D eigenvalue weighted by Gasteiger charge is -2.34. The van der Waals surface area contributed by atoms with Gasteiger partial charge in [0.1, 0.15) is 4.88 Å². The lowest BCUT2D eigenvalue weighted by atomic mass is 10.0. The Labute approximate surface area is 123 Å². The molecule has 1 atom stereocenters. The minimum Gasteiger partial charge on any atom is -0.334 e. The van der Waals surface area contributed by atoms with Crippen LogP contribution in [0.15, 0.2) is 5.38 Å². The SMILES string of the molecule is Cc1csc(C(=O)N2CCCCC2CN)c1Cl.Cl. The molecule has 3 nitrogen and oxygen atoms in total. The van der Waals surface area contributed by atoms with Gasteiger partial charge in [-0.05, 0) is 37.1 Å². The van der Waals surface area contributed by atoms with Crippen molar-refractivity contribution < 1.29 is 4.79 Å². The van der Waals surface area contributed by atoms with Gasteiger partial charge in [-0.3, -0.25) is 4.79 Å². The summed E-state index contributed by atoms with van der Waals surface area (Å²) in [7, 11) is 0. The van der Waals surface area contributed by atoms with Crippen LogP contribution in [0, 0.1) is 6.92 Å². The number of piperidine rings is 1. The molecule has 2 N–H and O–H groups in total. The van der Waals surface area contributed by atoms with Crippen molar-refractivity contribution >= 4 is 41.3 Å². The molecule has 102 valence electrons. The molecule has 6 heteroatoms. The van der Waals surface area contributed by atoms with Gasteiger partial charge in [0.15, 0.2) is 0 Å². The smallest absolute Gasteiger partial charge is 0.265 e. The molecule has 0 bridgehead atoms. The molecule has 1 aromatic heterocycles. The minimum atomic E-state index is 0. The molecule has 1 aromatic rings. The molecule has 2 rings (SSSR count). The third-order valence-corrected chi connectivity index (χ3v) is 4.94. The molecule has 18 heavy (non-hydrogen) atoms. The maximum Gasteiger partial charge on any atom is 0.265 e. The van der Waals surface area contributed by atoms with Gasteiger partial charge in [0.05, 0.1) is 5.02 Å². The topological polar surface area (TPSA) is 46.3 Å². The summed E-state index contributed by atoms with van der Waals surface area (Å²) < 4.78 is 0. The number of thiophene rings is 1. The molecule has 0 radical (unpaired) electrons. The summed E-state index contributed by atoms with van der Waals surface area (Å²) in [6, 6.07) is 0.176. The standard InChI is InChI=1S/C12H17ClN2OS.ClH/c1-8-7-17-11(10(8)13)12(16)15-5-3-2-4-9(15)6-14;/h7,9H,2-6,14H2,1H3;1H. The predicted octanol–water partition coefficient (Wildman–Crippen LogP) is 3.09. The molecule has 0 spiro atoms. The Morgan fingerprint density at radius 1 is 1.61 bits per heavy atom. The summed E-state index contributed by atoms with van der Waals surface area (Å²) in [5.41, 5.74) is 6.70. The Bertz CT molecular complexity index is 422. The van der Waals surface area contributed by atoms with E-state index in [0.29, 0.717) is 16.4 Å². The van der Waals surface area contributed by atoms with E-state index in [2.05, 4.69) is 0 Å². The van der Waals surface area contributed by atoms with Crippen molar-refractivity contribution in [3.05, 3.63) is 20.8 Å². The fraction of sp³-hybridized carbons (Fsp3) is 0.583. The van der Waals surface area contributed by atoms with E-state index in [9.17, 15) is 4.79 Å². The van der Waals surface area contributed by atoms with Crippen molar-refractivity contribution in [2.75, 3.05) is 13.1 Å². The van der Waals surface area contributed by atoms with Gasteiger partial charge < -0.3 is 10.6 Å². The molecule has 1 unspecified atom stereocenters. The number of carbonyl (C=O) groups excluding carboxylic acids is 1. The van der Waals surface area contributed by atoms with Gasteiger partial charge in [-0.25, -0.2) is 0 Å². The van der Waals surface area contributed by atoms with Crippen LogP contribution in [0.1, 0.15) is 34.5 Å². The van der Waals surface area contributed by atoms with Gasteiger partial charge in [0.25, 0.3) is 5.91 Å². The van der Waals surface area contributed by atoms with Crippen LogP contribution < -0.4 is 5.73 Å². The molecule has 1 saturated heterocycles. The Kier molecular flexibility index (Phi) is 5.92. The van der Waals surface area contributed by atoms with Crippen LogP contribution in [0.3, 0.4) is 0 Å². The molecule has 1 amide bonds. The van der Waals surface area contributed by atoms with Crippen molar-refractivity contribution in [3.8, 4) is 0 Å². The zero-order valence-electron chi connectivity index (χ0n) is 10.3. The highest BCUT2D eigenvalue weighted by Crippen LogP contribution is 2.30. The average Bonchev–Trinajstić information content (AvgIpc) is 2.69. The van der Waals surface area contributed by atoms with Crippen molar-refractivity contribution in [2.45, 2.75) is 32.2 Å². The predicted molar refractivity (Wildman–Crippen MR) is 79.0 cm³/mol. The maximum atomic E-state index is 12.4. The molecular weight excluding hydrogens is 291 g/mol. The second-order valence-electron chi connectivity index (χ2n) is 4.45. The largest absolute Gasteiger partial charge is 0.334 e. The first-order valence-corrected chi connectivity index (χ1v) is 7.15. The van der Waals surface area contributed by atoms with Crippen molar-refractivity contribution in [2.24, 2.45) is 5.73 Å². The molecule has 0 saturated carbocycles. The molecule has 1 aliphatic rings. The van der Waals surface area contributed by atoms with Crippen LogP contribution in [-0.4, -0.2) is 29.9 Å².